The van der Waals surface area contributed by atoms with Gasteiger partial charge in [-0.3, -0.25) is 5.43 Å². The first-order valence-corrected chi connectivity index (χ1v) is 9.86. The molecule has 1 aromatic heterocycles. The molecule has 5 rings (SSSR count). The smallest absolute Gasteiger partial charge is 0.190 e. The third-order valence-corrected chi connectivity index (χ3v) is 4.92. The van der Waals surface area contributed by atoms with Gasteiger partial charge < -0.3 is 10.1 Å². The highest BCUT2D eigenvalue weighted by atomic mass is 16.3. The molecule has 0 saturated heterocycles. The number of hydrazone groups is 1. The average Bonchev–Trinajstić information content (AvgIpc) is 3.25. The number of aromatic hydroxyl groups is 1. The third kappa shape index (κ3) is 3.86. The van der Waals surface area contributed by atoms with E-state index in [1.54, 1.807) is 12.3 Å². The Morgan fingerprint density at radius 2 is 1.65 bits per heavy atom. The van der Waals surface area contributed by atoms with Crippen molar-refractivity contribution in [2.24, 2.45) is 10.1 Å². The molecule has 0 bridgehead atoms. The van der Waals surface area contributed by atoms with E-state index in [4.69, 9.17) is 0 Å². The van der Waals surface area contributed by atoms with Gasteiger partial charge in [0.05, 0.1) is 22.9 Å². The van der Waals surface area contributed by atoms with Gasteiger partial charge in [0.25, 0.3) is 0 Å². The lowest BCUT2D eigenvalue weighted by Crippen LogP contribution is -2.20. The van der Waals surface area contributed by atoms with E-state index < -0.39 is 0 Å². The molecule has 5 aromatic rings. The Hall–Kier alpha value is -4.45. The number of fused-ring (bicyclic) bond motifs is 2. The lowest BCUT2D eigenvalue weighted by Gasteiger charge is -2.06. The Bertz CT molecular complexity index is 1390. The first kappa shape index (κ1) is 18.6. The van der Waals surface area contributed by atoms with Crippen LogP contribution >= 0.6 is 0 Å². The standard InChI is InChI=1S/C25H19N5O/c31-23-15-14-17-8-4-5-11-19(17)20(23)16-26-30-25(27-18-9-2-1-3-10-18)24-28-21-12-6-7-13-22(21)29-24/h1-16,31H,(H,27,30)(H,28,29)/b26-16+. The van der Waals surface area contributed by atoms with Crippen LogP contribution in [-0.2, 0) is 0 Å². The minimum Gasteiger partial charge on any atom is -0.507 e. The summed E-state index contributed by atoms with van der Waals surface area (Å²) in [6.07, 6.45) is 1.60. The van der Waals surface area contributed by atoms with E-state index >= 15 is 0 Å². The number of hydrogen-bond acceptors (Lipinski definition) is 4. The van der Waals surface area contributed by atoms with Crippen molar-refractivity contribution in [1.82, 2.24) is 15.4 Å². The summed E-state index contributed by atoms with van der Waals surface area (Å²) >= 11 is 0. The molecule has 0 unspecified atom stereocenters. The molecule has 3 N–H and O–H groups in total. The third-order valence-electron chi connectivity index (χ3n) is 4.92. The number of amidine groups is 1. The van der Waals surface area contributed by atoms with Crippen molar-refractivity contribution in [2.75, 3.05) is 0 Å². The number of rotatable bonds is 4. The monoisotopic (exact) mass is 405 g/mol. The zero-order chi connectivity index (χ0) is 21.0. The summed E-state index contributed by atoms with van der Waals surface area (Å²) in [5, 5.41) is 16.7. The Balaban J connectivity index is 1.52. The molecule has 0 spiro atoms. The van der Waals surface area contributed by atoms with Crippen molar-refractivity contribution in [3.05, 3.63) is 102 Å². The summed E-state index contributed by atoms with van der Waals surface area (Å²) in [5.41, 5.74) is 6.16. The Labute approximate surface area is 178 Å². The number of phenols is 1. The van der Waals surface area contributed by atoms with Gasteiger partial charge in [-0.2, -0.15) is 5.10 Å². The maximum absolute atomic E-state index is 10.4. The Kier molecular flexibility index (Phi) is 4.86. The quantitative estimate of drug-likeness (QED) is 0.220. The lowest BCUT2D eigenvalue weighted by molar-refractivity contribution is 0.475. The van der Waals surface area contributed by atoms with Gasteiger partial charge in [0.15, 0.2) is 11.7 Å². The number of hydrogen-bond donors (Lipinski definition) is 3. The number of aromatic amines is 1. The molecule has 0 atom stereocenters. The average molecular weight is 405 g/mol. The summed E-state index contributed by atoms with van der Waals surface area (Å²) in [6.45, 7) is 0. The molecule has 0 aliphatic carbocycles. The second-order valence-electron chi connectivity index (χ2n) is 6.99. The maximum atomic E-state index is 10.4. The number of imidazole rings is 1. The zero-order valence-corrected chi connectivity index (χ0v) is 16.5. The molecule has 1 heterocycles. The van der Waals surface area contributed by atoms with Crippen LogP contribution in [0.5, 0.6) is 5.75 Å². The highest BCUT2D eigenvalue weighted by molar-refractivity contribution is 6.04. The minimum absolute atomic E-state index is 0.162. The molecule has 31 heavy (non-hydrogen) atoms. The molecule has 0 aliphatic heterocycles. The molecule has 4 aromatic carbocycles. The van der Waals surface area contributed by atoms with Crippen LogP contribution in [-0.4, -0.2) is 27.1 Å². The zero-order valence-electron chi connectivity index (χ0n) is 16.5. The second-order valence-corrected chi connectivity index (χ2v) is 6.99. The lowest BCUT2D eigenvalue weighted by atomic mass is 10.0. The number of H-pyrrole nitrogens is 1. The summed E-state index contributed by atoms with van der Waals surface area (Å²) in [4.78, 5) is 12.6. The SMILES string of the molecule is Oc1ccc2ccccc2c1/C=N/NC(=Nc1ccccc1)c1nc2ccccc2[nH]1. The molecule has 0 radical (unpaired) electrons. The normalized spacial score (nSPS) is 12.1. The van der Waals surface area contributed by atoms with Crippen molar-refractivity contribution in [3.8, 4) is 5.75 Å². The van der Waals surface area contributed by atoms with Gasteiger partial charge in [-0.05, 0) is 41.1 Å². The van der Waals surface area contributed by atoms with E-state index in [9.17, 15) is 5.11 Å². The fourth-order valence-corrected chi connectivity index (χ4v) is 3.41. The van der Waals surface area contributed by atoms with Gasteiger partial charge >= 0.3 is 0 Å². The fourth-order valence-electron chi connectivity index (χ4n) is 3.41. The maximum Gasteiger partial charge on any atom is 0.190 e. The summed E-state index contributed by atoms with van der Waals surface area (Å²) < 4.78 is 0. The van der Waals surface area contributed by atoms with E-state index in [1.807, 2.05) is 84.9 Å². The van der Waals surface area contributed by atoms with Crippen LogP contribution in [0.1, 0.15) is 11.4 Å². The van der Waals surface area contributed by atoms with Crippen LogP contribution in [0.4, 0.5) is 5.69 Å². The van der Waals surface area contributed by atoms with E-state index in [-0.39, 0.29) is 5.75 Å². The number of nitrogens with zero attached hydrogens (tertiary/aromatic N) is 3. The topological polar surface area (TPSA) is 85.7 Å². The van der Waals surface area contributed by atoms with E-state index in [1.165, 1.54) is 0 Å². The predicted molar refractivity (Wildman–Crippen MR) is 125 cm³/mol. The number of aliphatic imine (C=N–C) groups is 1. The molecule has 0 fully saturated rings. The van der Waals surface area contributed by atoms with Gasteiger partial charge in [0, 0.05) is 5.56 Å². The molecular formula is C25H19N5O. The summed E-state index contributed by atoms with van der Waals surface area (Å²) in [7, 11) is 0. The minimum atomic E-state index is 0.162. The van der Waals surface area contributed by atoms with Crippen LogP contribution < -0.4 is 5.43 Å². The molecular weight excluding hydrogens is 386 g/mol. The van der Waals surface area contributed by atoms with Crippen LogP contribution in [0, 0.1) is 0 Å². The van der Waals surface area contributed by atoms with Crippen molar-refractivity contribution >= 4 is 39.5 Å². The van der Waals surface area contributed by atoms with Crippen molar-refractivity contribution in [1.29, 1.82) is 0 Å². The van der Waals surface area contributed by atoms with Gasteiger partial charge in [-0.1, -0.05) is 60.7 Å². The van der Waals surface area contributed by atoms with Crippen molar-refractivity contribution in [2.45, 2.75) is 0 Å². The van der Waals surface area contributed by atoms with Gasteiger partial charge in [0.2, 0.25) is 0 Å². The molecule has 6 nitrogen and oxygen atoms in total. The highest BCUT2D eigenvalue weighted by Gasteiger charge is 2.10. The van der Waals surface area contributed by atoms with Crippen molar-refractivity contribution < 1.29 is 5.11 Å². The number of phenolic OH excluding ortho intramolecular Hbond substituents is 1. The van der Waals surface area contributed by atoms with E-state index in [2.05, 4.69) is 25.5 Å². The molecule has 150 valence electrons. The first-order chi connectivity index (χ1) is 15.3. The predicted octanol–water partition coefficient (Wildman–Crippen LogP) is 5.12. The van der Waals surface area contributed by atoms with Crippen LogP contribution in [0.25, 0.3) is 21.8 Å². The van der Waals surface area contributed by atoms with E-state index in [0.717, 1.165) is 27.5 Å². The number of aromatic nitrogens is 2. The number of nitrogens with one attached hydrogen (secondary N) is 2. The molecule has 0 aliphatic rings. The molecule has 6 heteroatoms. The molecule has 0 saturated carbocycles. The van der Waals surface area contributed by atoms with Crippen LogP contribution in [0.3, 0.4) is 0 Å². The van der Waals surface area contributed by atoms with Gasteiger partial charge in [-0.25, -0.2) is 9.98 Å². The summed E-state index contributed by atoms with van der Waals surface area (Å²) in [6, 6.07) is 28.8. The van der Waals surface area contributed by atoms with Crippen LogP contribution in [0.2, 0.25) is 0 Å². The fraction of sp³-hybridized carbons (Fsp3) is 0. The summed E-state index contributed by atoms with van der Waals surface area (Å²) in [5.74, 6) is 1.21. The van der Waals surface area contributed by atoms with Gasteiger partial charge in [-0.15, -0.1) is 0 Å². The number of benzene rings is 4. The number of para-hydroxylation sites is 3. The second kappa shape index (κ2) is 8.12. The van der Waals surface area contributed by atoms with Gasteiger partial charge in [0.1, 0.15) is 5.75 Å². The largest absolute Gasteiger partial charge is 0.507 e. The Morgan fingerprint density at radius 1 is 0.871 bits per heavy atom. The Morgan fingerprint density at radius 3 is 2.52 bits per heavy atom. The molecule has 0 amide bonds. The van der Waals surface area contributed by atoms with Crippen molar-refractivity contribution in [3.63, 3.8) is 0 Å². The highest BCUT2D eigenvalue weighted by Crippen LogP contribution is 2.25. The van der Waals surface area contributed by atoms with Crippen LogP contribution in [0.15, 0.2) is 101 Å². The van der Waals surface area contributed by atoms with E-state index in [0.29, 0.717) is 17.2 Å². The first-order valence-electron chi connectivity index (χ1n) is 9.86.